The molecule has 0 bridgehead atoms. The van der Waals surface area contributed by atoms with Gasteiger partial charge in [-0.05, 0) is 49.1 Å². The number of nitrogens with zero attached hydrogens (tertiary/aromatic N) is 5. The summed E-state index contributed by atoms with van der Waals surface area (Å²) in [6.07, 6.45) is 0.624. The summed E-state index contributed by atoms with van der Waals surface area (Å²) in [5.74, 6) is 1.01. The number of carbonyl (C=O) groups excluding carboxylic acids is 1. The van der Waals surface area contributed by atoms with Crippen LogP contribution in [0, 0.1) is 5.92 Å². The van der Waals surface area contributed by atoms with Crippen LogP contribution in [-0.2, 0) is 13.2 Å². The van der Waals surface area contributed by atoms with Crippen molar-refractivity contribution in [2.75, 3.05) is 31.6 Å². The van der Waals surface area contributed by atoms with Crippen LogP contribution in [0.1, 0.15) is 29.0 Å². The van der Waals surface area contributed by atoms with Crippen LogP contribution in [0.25, 0.3) is 10.9 Å². The van der Waals surface area contributed by atoms with E-state index in [2.05, 4.69) is 14.9 Å². The molecule has 1 saturated heterocycles. The molecular formula is C22H24F3N5O. The lowest BCUT2D eigenvalue weighted by Gasteiger charge is -2.35. The Balaban J connectivity index is 1.42. The molecule has 1 aliphatic rings. The minimum Gasteiger partial charge on any atom is -0.356 e. The van der Waals surface area contributed by atoms with E-state index in [1.807, 2.05) is 37.0 Å². The molecule has 1 aliphatic heterocycles. The number of halogens is 3. The Morgan fingerprint density at radius 2 is 1.94 bits per heavy atom. The van der Waals surface area contributed by atoms with Gasteiger partial charge in [-0.25, -0.2) is 9.97 Å². The van der Waals surface area contributed by atoms with Crippen LogP contribution in [0.3, 0.4) is 0 Å². The first-order valence-corrected chi connectivity index (χ1v) is 10.2. The van der Waals surface area contributed by atoms with Crippen molar-refractivity contribution in [2.45, 2.75) is 19.0 Å². The van der Waals surface area contributed by atoms with Gasteiger partial charge in [0.25, 0.3) is 5.91 Å². The van der Waals surface area contributed by atoms with Crippen molar-refractivity contribution in [1.82, 2.24) is 19.4 Å². The smallest absolute Gasteiger partial charge is 0.356 e. The lowest BCUT2D eigenvalue weighted by atomic mass is 9.96. The number of piperidine rings is 1. The molecule has 3 aromatic rings. The summed E-state index contributed by atoms with van der Waals surface area (Å²) >= 11 is 0. The highest BCUT2D eigenvalue weighted by Gasteiger charge is 2.33. The van der Waals surface area contributed by atoms with Crippen LogP contribution in [0.2, 0.25) is 0 Å². The van der Waals surface area contributed by atoms with Crippen molar-refractivity contribution < 1.29 is 18.0 Å². The maximum Gasteiger partial charge on any atom is 0.433 e. The number of aryl methyl sites for hydroxylation is 1. The average Bonchev–Trinajstić information content (AvgIpc) is 3.18. The Labute approximate surface area is 178 Å². The molecule has 31 heavy (non-hydrogen) atoms. The van der Waals surface area contributed by atoms with Crippen LogP contribution in [0.4, 0.5) is 19.0 Å². The number of carbonyl (C=O) groups is 1. The number of hydrogen-bond donors (Lipinski definition) is 0. The number of aromatic nitrogens is 3. The zero-order valence-corrected chi connectivity index (χ0v) is 17.4. The molecule has 0 N–H and O–H groups in total. The van der Waals surface area contributed by atoms with Crippen molar-refractivity contribution in [3.05, 3.63) is 54.1 Å². The zero-order valence-electron chi connectivity index (χ0n) is 17.4. The number of anilines is 1. The van der Waals surface area contributed by atoms with Gasteiger partial charge in [-0.1, -0.05) is 0 Å². The van der Waals surface area contributed by atoms with Gasteiger partial charge in [-0.15, -0.1) is 0 Å². The average molecular weight is 431 g/mol. The first-order chi connectivity index (χ1) is 14.7. The maximum absolute atomic E-state index is 13.0. The van der Waals surface area contributed by atoms with Gasteiger partial charge in [0, 0.05) is 51.5 Å². The third kappa shape index (κ3) is 4.35. The largest absolute Gasteiger partial charge is 0.433 e. The van der Waals surface area contributed by atoms with Crippen LogP contribution in [0.5, 0.6) is 0 Å². The molecule has 3 aromatic heterocycles. The van der Waals surface area contributed by atoms with Gasteiger partial charge in [-0.2, -0.15) is 13.2 Å². The van der Waals surface area contributed by atoms with E-state index in [1.54, 1.807) is 4.90 Å². The van der Waals surface area contributed by atoms with E-state index in [1.165, 1.54) is 18.3 Å². The standard InChI is InChI=1S/C22H24F3N5O/c1-28-11-3-4-18(28)21(31)29(2)14-15-8-12-30(13-9-15)20-16-5-6-19(22(23,24)25)27-17(16)7-10-26-20/h3-7,10-11,15H,8-9,12-14H2,1-2H3. The zero-order chi connectivity index (χ0) is 22.2. The molecule has 0 aromatic carbocycles. The highest BCUT2D eigenvalue weighted by atomic mass is 19.4. The number of pyridine rings is 2. The molecule has 4 heterocycles. The van der Waals surface area contributed by atoms with E-state index in [0.29, 0.717) is 29.4 Å². The molecule has 0 atom stereocenters. The van der Waals surface area contributed by atoms with Gasteiger partial charge in [0.05, 0.1) is 5.52 Å². The normalized spacial score (nSPS) is 15.5. The van der Waals surface area contributed by atoms with Crippen LogP contribution >= 0.6 is 0 Å². The number of alkyl halides is 3. The number of amides is 1. The molecular weight excluding hydrogens is 407 g/mol. The lowest BCUT2D eigenvalue weighted by Crippen LogP contribution is -2.40. The molecule has 0 unspecified atom stereocenters. The van der Waals surface area contributed by atoms with Crippen molar-refractivity contribution in [3.63, 3.8) is 0 Å². The molecule has 0 saturated carbocycles. The second-order valence-corrected chi connectivity index (χ2v) is 8.02. The van der Waals surface area contributed by atoms with Crippen molar-refractivity contribution in [1.29, 1.82) is 0 Å². The summed E-state index contributed by atoms with van der Waals surface area (Å²) in [6.45, 7) is 2.12. The van der Waals surface area contributed by atoms with E-state index >= 15 is 0 Å². The third-order valence-corrected chi connectivity index (χ3v) is 5.84. The highest BCUT2D eigenvalue weighted by Crippen LogP contribution is 2.32. The lowest BCUT2D eigenvalue weighted by molar-refractivity contribution is -0.140. The summed E-state index contributed by atoms with van der Waals surface area (Å²) < 4.78 is 40.7. The van der Waals surface area contributed by atoms with Crippen molar-refractivity contribution in [2.24, 2.45) is 13.0 Å². The highest BCUT2D eigenvalue weighted by molar-refractivity contribution is 5.92. The SMILES string of the molecule is CN(CC1CCN(c2nccc3nc(C(F)(F)F)ccc23)CC1)C(=O)c1cccn1C. The summed E-state index contributed by atoms with van der Waals surface area (Å²) in [5, 5.41) is 0.616. The first-order valence-electron chi connectivity index (χ1n) is 10.2. The van der Waals surface area contributed by atoms with E-state index < -0.39 is 11.9 Å². The Morgan fingerprint density at radius 3 is 2.58 bits per heavy atom. The van der Waals surface area contributed by atoms with Gasteiger partial charge in [0.1, 0.15) is 17.2 Å². The van der Waals surface area contributed by atoms with E-state index in [4.69, 9.17) is 0 Å². The predicted molar refractivity (Wildman–Crippen MR) is 112 cm³/mol. The van der Waals surface area contributed by atoms with Crippen molar-refractivity contribution in [3.8, 4) is 0 Å². The third-order valence-electron chi connectivity index (χ3n) is 5.84. The number of fused-ring (bicyclic) bond motifs is 1. The van der Waals surface area contributed by atoms with Gasteiger partial charge in [0.2, 0.25) is 0 Å². The molecule has 6 nitrogen and oxygen atoms in total. The van der Waals surface area contributed by atoms with Crippen molar-refractivity contribution >= 4 is 22.6 Å². The second kappa shape index (κ2) is 8.20. The summed E-state index contributed by atoms with van der Waals surface area (Å²) in [4.78, 5) is 24.7. The Bertz CT molecular complexity index is 1090. The van der Waals surface area contributed by atoms with E-state index in [9.17, 15) is 18.0 Å². The molecule has 0 aliphatic carbocycles. The van der Waals surface area contributed by atoms with Gasteiger partial charge in [0.15, 0.2) is 0 Å². The summed E-state index contributed by atoms with van der Waals surface area (Å²) in [6, 6.07) is 7.62. The first kappa shape index (κ1) is 21.1. The molecule has 1 amide bonds. The Morgan fingerprint density at radius 1 is 1.19 bits per heavy atom. The minimum absolute atomic E-state index is 0.00260. The fourth-order valence-electron chi connectivity index (χ4n) is 4.13. The maximum atomic E-state index is 13.0. The number of hydrogen-bond acceptors (Lipinski definition) is 4. The van der Waals surface area contributed by atoms with Crippen LogP contribution < -0.4 is 4.90 Å². The predicted octanol–water partition coefficient (Wildman–Crippen LogP) is 3.98. The van der Waals surface area contributed by atoms with Crippen LogP contribution in [0.15, 0.2) is 42.7 Å². The minimum atomic E-state index is -4.47. The van der Waals surface area contributed by atoms with E-state index in [-0.39, 0.29) is 11.4 Å². The molecule has 4 rings (SSSR count). The summed E-state index contributed by atoms with van der Waals surface area (Å²) in [5.41, 5.74) is 0.0437. The molecule has 1 fully saturated rings. The Hall–Kier alpha value is -3.10. The van der Waals surface area contributed by atoms with Gasteiger partial charge >= 0.3 is 6.18 Å². The van der Waals surface area contributed by atoms with Gasteiger partial charge < -0.3 is 14.4 Å². The monoisotopic (exact) mass is 431 g/mol. The van der Waals surface area contributed by atoms with Gasteiger partial charge in [-0.3, -0.25) is 4.79 Å². The molecule has 9 heteroatoms. The summed E-state index contributed by atoms with van der Waals surface area (Å²) in [7, 11) is 3.67. The second-order valence-electron chi connectivity index (χ2n) is 8.02. The molecule has 0 radical (unpaired) electrons. The van der Waals surface area contributed by atoms with E-state index in [0.717, 1.165) is 32.0 Å². The molecule has 0 spiro atoms. The quantitative estimate of drug-likeness (QED) is 0.627. The fraction of sp³-hybridized carbons (Fsp3) is 0.409. The van der Waals surface area contributed by atoms with Crippen LogP contribution in [-0.4, -0.2) is 52.0 Å². The fourth-order valence-corrected chi connectivity index (χ4v) is 4.13. The topological polar surface area (TPSA) is 54.3 Å². The molecule has 164 valence electrons. The number of rotatable bonds is 4. The Kier molecular flexibility index (Phi) is 5.60.